The molecule has 8 nitrogen and oxygen atoms in total. The van der Waals surface area contributed by atoms with Gasteiger partial charge in [-0.05, 0) is 62.4 Å². The van der Waals surface area contributed by atoms with Gasteiger partial charge in [0.2, 0.25) is 5.91 Å². The molecule has 0 radical (unpaired) electrons. The molecule has 11 heteroatoms. The van der Waals surface area contributed by atoms with Crippen molar-refractivity contribution in [3.63, 3.8) is 0 Å². The predicted octanol–water partition coefficient (Wildman–Crippen LogP) is 3.91. The third kappa shape index (κ3) is 6.91. The van der Waals surface area contributed by atoms with E-state index in [2.05, 4.69) is 25.5 Å². The number of hydrogen-bond acceptors (Lipinski definition) is 6. The van der Waals surface area contributed by atoms with Crippen molar-refractivity contribution in [2.45, 2.75) is 56.0 Å². The Balaban J connectivity index is 1.07. The molecule has 2 fully saturated rings. The highest BCUT2D eigenvalue weighted by Crippen LogP contribution is 2.39. The van der Waals surface area contributed by atoms with E-state index in [1.807, 2.05) is 24.3 Å². The Morgan fingerprint density at radius 1 is 1.02 bits per heavy atom. The maximum absolute atomic E-state index is 12.9. The first-order valence-corrected chi connectivity index (χ1v) is 13.7. The number of aromatic nitrogens is 2. The second-order valence-electron chi connectivity index (χ2n) is 10.7. The van der Waals surface area contributed by atoms with Crippen LogP contribution < -0.4 is 10.6 Å². The van der Waals surface area contributed by atoms with Gasteiger partial charge < -0.3 is 15.7 Å². The molecule has 1 saturated heterocycles. The molecule has 1 saturated carbocycles. The van der Waals surface area contributed by atoms with Crippen molar-refractivity contribution in [2.24, 2.45) is 0 Å². The van der Waals surface area contributed by atoms with Crippen LogP contribution in [-0.2, 0) is 16.6 Å². The van der Waals surface area contributed by atoms with Gasteiger partial charge in [-0.2, -0.15) is 13.2 Å². The van der Waals surface area contributed by atoms with E-state index < -0.39 is 29.2 Å². The number of aliphatic hydroxyl groups is 1. The van der Waals surface area contributed by atoms with Crippen LogP contribution in [0.1, 0.15) is 53.7 Å². The lowest BCUT2D eigenvalue weighted by Gasteiger charge is -2.39. The van der Waals surface area contributed by atoms with Gasteiger partial charge in [0.05, 0.1) is 17.8 Å². The van der Waals surface area contributed by atoms with Crippen LogP contribution in [0.4, 0.5) is 13.2 Å². The van der Waals surface area contributed by atoms with Gasteiger partial charge in [0.1, 0.15) is 5.60 Å². The monoisotopic (exact) mass is 567 g/mol. The summed E-state index contributed by atoms with van der Waals surface area (Å²) in [5, 5.41) is 16.6. The number of carbonyl (C=O) groups excluding carboxylic acids is 2. The van der Waals surface area contributed by atoms with E-state index in [0.717, 1.165) is 55.1 Å². The zero-order chi connectivity index (χ0) is 29.0. The van der Waals surface area contributed by atoms with Crippen molar-refractivity contribution < 1.29 is 27.9 Å². The highest BCUT2D eigenvalue weighted by atomic mass is 19.4. The predicted molar refractivity (Wildman–Crippen MR) is 146 cm³/mol. The Hall–Kier alpha value is -3.83. The smallest absolute Gasteiger partial charge is 0.384 e. The van der Waals surface area contributed by atoms with Crippen LogP contribution in [-0.4, -0.2) is 63.5 Å². The van der Waals surface area contributed by atoms with Gasteiger partial charge in [-0.15, -0.1) is 0 Å². The van der Waals surface area contributed by atoms with E-state index in [9.17, 15) is 27.9 Å². The highest BCUT2D eigenvalue weighted by molar-refractivity contribution is 5.96. The fourth-order valence-electron chi connectivity index (χ4n) is 5.69. The largest absolute Gasteiger partial charge is 0.416 e. The molecule has 0 spiro atoms. The van der Waals surface area contributed by atoms with Gasteiger partial charge in [0.15, 0.2) is 0 Å². The summed E-state index contributed by atoms with van der Waals surface area (Å²) in [7, 11) is 0. The van der Waals surface area contributed by atoms with Crippen LogP contribution in [0.5, 0.6) is 0 Å². The summed E-state index contributed by atoms with van der Waals surface area (Å²) in [6, 6.07) is 12.0. The van der Waals surface area contributed by atoms with Crippen molar-refractivity contribution in [3.8, 4) is 11.1 Å². The van der Waals surface area contributed by atoms with Gasteiger partial charge in [0, 0.05) is 60.5 Å². The molecule has 41 heavy (non-hydrogen) atoms. The van der Waals surface area contributed by atoms with Crippen LogP contribution in [0, 0.1) is 0 Å². The summed E-state index contributed by atoms with van der Waals surface area (Å²) < 4.78 is 38.7. The number of carbonyl (C=O) groups is 2. The zero-order valence-electron chi connectivity index (χ0n) is 22.4. The third-order valence-electron chi connectivity index (χ3n) is 7.98. The van der Waals surface area contributed by atoms with E-state index in [0.29, 0.717) is 25.1 Å². The second kappa shape index (κ2) is 12.0. The molecular formula is C30H32F3N5O3. The standard InChI is InChI=1S/C30H32F3N5O3/c31-30(32,33)23-5-1-3-20(15-23)28(40)36-18-27(39)37-24-10-14-38(19-24)25-8-11-29(41,12-9-25)26-7-6-22(17-35-26)21-4-2-13-34-16-21/h1-7,13,15-17,24-25,41H,8-12,14,18-19H2,(H,36,40)(H,37,39)/t24-,25?,29?/m1/s1. The van der Waals surface area contributed by atoms with Crippen molar-refractivity contribution in [3.05, 3.63) is 83.9 Å². The Labute approximate surface area is 236 Å². The van der Waals surface area contributed by atoms with Gasteiger partial charge in [-0.1, -0.05) is 18.2 Å². The van der Waals surface area contributed by atoms with Gasteiger partial charge in [0.25, 0.3) is 5.91 Å². The minimum atomic E-state index is -4.55. The Morgan fingerprint density at radius 2 is 1.80 bits per heavy atom. The van der Waals surface area contributed by atoms with E-state index in [4.69, 9.17) is 0 Å². The number of hydrogen-bond donors (Lipinski definition) is 3. The molecule has 5 rings (SSSR count). The average Bonchev–Trinajstić information content (AvgIpc) is 3.44. The van der Waals surface area contributed by atoms with Crippen LogP contribution in [0.15, 0.2) is 67.1 Å². The lowest BCUT2D eigenvalue weighted by molar-refractivity contribution is -0.137. The molecule has 3 heterocycles. The third-order valence-corrected chi connectivity index (χ3v) is 7.98. The number of nitrogens with zero attached hydrogens (tertiary/aromatic N) is 3. The number of likely N-dealkylation sites (tertiary alicyclic amines) is 1. The number of pyridine rings is 2. The number of nitrogens with one attached hydrogen (secondary N) is 2. The van der Waals surface area contributed by atoms with Crippen molar-refractivity contribution in [1.29, 1.82) is 0 Å². The van der Waals surface area contributed by atoms with Crippen molar-refractivity contribution >= 4 is 11.8 Å². The Morgan fingerprint density at radius 3 is 2.49 bits per heavy atom. The normalized spacial score (nSPS) is 23.2. The summed E-state index contributed by atoms with van der Waals surface area (Å²) in [6.45, 7) is 1.14. The average molecular weight is 568 g/mol. The number of rotatable bonds is 7. The summed E-state index contributed by atoms with van der Waals surface area (Å²) >= 11 is 0. The van der Waals surface area contributed by atoms with Gasteiger partial charge in [-0.3, -0.25) is 24.5 Å². The Kier molecular flexibility index (Phi) is 8.37. The highest BCUT2D eigenvalue weighted by Gasteiger charge is 2.39. The minimum Gasteiger partial charge on any atom is -0.384 e. The molecule has 2 amide bonds. The molecule has 1 aromatic carbocycles. The van der Waals surface area contributed by atoms with E-state index in [1.54, 1.807) is 18.6 Å². The Bertz CT molecular complexity index is 1360. The molecule has 1 aliphatic carbocycles. The SMILES string of the molecule is O=C(CNC(=O)c1cccc(C(F)(F)F)c1)N[C@@H]1CCN(C2CCC(O)(c3ccc(-c4cccnc4)cn3)CC2)C1. The van der Waals surface area contributed by atoms with Crippen molar-refractivity contribution in [1.82, 2.24) is 25.5 Å². The quantitative estimate of drug-likeness (QED) is 0.400. The first kappa shape index (κ1) is 28.7. The molecule has 3 N–H and O–H groups in total. The van der Waals surface area contributed by atoms with Crippen LogP contribution in [0.3, 0.4) is 0 Å². The number of halogens is 3. The molecule has 216 valence electrons. The fourth-order valence-corrected chi connectivity index (χ4v) is 5.69. The first-order chi connectivity index (χ1) is 19.6. The molecule has 1 atom stereocenters. The van der Waals surface area contributed by atoms with Crippen LogP contribution in [0.2, 0.25) is 0 Å². The van der Waals surface area contributed by atoms with Gasteiger partial charge in [-0.25, -0.2) is 0 Å². The van der Waals surface area contributed by atoms with E-state index in [1.165, 1.54) is 6.07 Å². The summed E-state index contributed by atoms with van der Waals surface area (Å²) in [5.41, 5.74) is 0.529. The fraction of sp³-hybridized carbons (Fsp3) is 0.400. The molecule has 1 aliphatic heterocycles. The molecular weight excluding hydrogens is 535 g/mol. The molecule has 3 aromatic rings. The maximum atomic E-state index is 12.9. The lowest BCUT2D eigenvalue weighted by atomic mass is 9.79. The van der Waals surface area contributed by atoms with Crippen LogP contribution >= 0.6 is 0 Å². The zero-order valence-corrected chi connectivity index (χ0v) is 22.4. The lowest BCUT2D eigenvalue weighted by Crippen LogP contribution is -2.45. The van der Waals surface area contributed by atoms with Crippen molar-refractivity contribution in [2.75, 3.05) is 19.6 Å². The first-order valence-electron chi connectivity index (χ1n) is 13.7. The summed E-state index contributed by atoms with van der Waals surface area (Å²) in [5.74, 6) is -1.13. The van der Waals surface area contributed by atoms with E-state index in [-0.39, 0.29) is 24.2 Å². The van der Waals surface area contributed by atoms with Gasteiger partial charge >= 0.3 is 6.18 Å². The topological polar surface area (TPSA) is 107 Å². The van der Waals surface area contributed by atoms with E-state index >= 15 is 0 Å². The second-order valence-corrected chi connectivity index (χ2v) is 10.7. The molecule has 2 aromatic heterocycles. The number of benzene rings is 1. The molecule has 0 bridgehead atoms. The number of alkyl halides is 3. The maximum Gasteiger partial charge on any atom is 0.416 e. The number of amides is 2. The summed E-state index contributed by atoms with van der Waals surface area (Å²) in [4.78, 5) is 35.7. The molecule has 0 unspecified atom stereocenters. The molecule has 2 aliphatic rings. The van der Waals surface area contributed by atoms with Crippen LogP contribution in [0.25, 0.3) is 11.1 Å². The summed E-state index contributed by atoms with van der Waals surface area (Å²) in [6.07, 6.45) is 4.25. The minimum absolute atomic E-state index is 0.0875.